The fourth-order valence-electron chi connectivity index (χ4n) is 3.65. The van der Waals surface area contributed by atoms with Crippen LogP contribution in [0.2, 0.25) is 0 Å². The molecule has 2 unspecified atom stereocenters. The van der Waals surface area contributed by atoms with Gasteiger partial charge in [0.1, 0.15) is 5.82 Å². The molecule has 2 aromatic heterocycles. The second-order valence-electron chi connectivity index (χ2n) is 6.41. The lowest BCUT2D eigenvalue weighted by atomic mass is 10.1. The van der Waals surface area contributed by atoms with E-state index < -0.39 is 0 Å². The summed E-state index contributed by atoms with van der Waals surface area (Å²) in [5.41, 5.74) is 0.691. The second kappa shape index (κ2) is 6.20. The topological polar surface area (TPSA) is 66.8 Å². The number of para-hydroxylation sites is 1. The van der Waals surface area contributed by atoms with Crippen molar-refractivity contribution in [1.82, 2.24) is 24.6 Å². The molecule has 6 heteroatoms. The van der Waals surface area contributed by atoms with Gasteiger partial charge in [0.15, 0.2) is 0 Å². The molecule has 1 N–H and O–H groups in total. The van der Waals surface area contributed by atoms with Gasteiger partial charge < -0.3 is 4.98 Å². The van der Waals surface area contributed by atoms with E-state index in [0.717, 1.165) is 37.3 Å². The number of nitrogens with zero attached hydrogens (tertiary/aromatic N) is 4. The van der Waals surface area contributed by atoms with Crippen molar-refractivity contribution in [3.8, 4) is 0 Å². The Morgan fingerprint density at radius 1 is 1.33 bits per heavy atom. The third-order valence-corrected chi connectivity index (χ3v) is 4.90. The second-order valence-corrected chi connectivity index (χ2v) is 6.41. The molecule has 0 amide bonds. The molecule has 1 aliphatic rings. The van der Waals surface area contributed by atoms with Gasteiger partial charge in [0.2, 0.25) is 0 Å². The molecule has 0 aliphatic carbocycles. The molecule has 1 aliphatic heterocycles. The number of likely N-dealkylation sites (tertiary alicyclic amines) is 1. The monoisotopic (exact) mass is 323 g/mol. The molecule has 3 aromatic rings. The van der Waals surface area contributed by atoms with Crippen molar-refractivity contribution in [1.29, 1.82) is 0 Å². The highest BCUT2D eigenvalue weighted by Crippen LogP contribution is 2.28. The number of benzene rings is 1. The van der Waals surface area contributed by atoms with Crippen LogP contribution in [0.5, 0.6) is 0 Å². The van der Waals surface area contributed by atoms with Gasteiger partial charge in [-0.25, -0.2) is 4.98 Å². The molecule has 1 saturated heterocycles. The zero-order valence-corrected chi connectivity index (χ0v) is 13.7. The Morgan fingerprint density at radius 2 is 2.21 bits per heavy atom. The molecule has 0 saturated carbocycles. The van der Waals surface area contributed by atoms with E-state index in [-0.39, 0.29) is 11.6 Å². The molecule has 0 radical (unpaired) electrons. The SMILES string of the molecule is CC(c1nc2ccccc2c(=O)[nH]1)N1CCCC1Cn1cccn1. The molecule has 1 fully saturated rings. The van der Waals surface area contributed by atoms with Crippen LogP contribution in [0.1, 0.15) is 31.6 Å². The summed E-state index contributed by atoms with van der Waals surface area (Å²) < 4.78 is 1.98. The molecule has 0 bridgehead atoms. The van der Waals surface area contributed by atoms with Gasteiger partial charge in [-0.1, -0.05) is 12.1 Å². The zero-order chi connectivity index (χ0) is 16.5. The average Bonchev–Trinajstić information content (AvgIpc) is 3.26. The highest BCUT2D eigenvalue weighted by molar-refractivity contribution is 5.77. The summed E-state index contributed by atoms with van der Waals surface area (Å²) >= 11 is 0. The molecular weight excluding hydrogens is 302 g/mol. The number of fused-ring (bicyclic) bond motifs is 1. The Bertz CT molecular complexity index is 886. The van der Waals surface area contributed by atoms with E-state index in [2.05, 4.69) is 21.9 Å². The van der Waals surface area contributed by atoms with Crippen LogP contribution in [0.3, 0.4) is 0 Å². The summed E-state index contributed by atoms with van der Waals surface area (Å²) in [7, 11) is 0. The maximum absolute atomic E-state index is 12.3. The minimum atomic E-state index is -0.0646. The largest absolute Gasteiger partial charge is 0.309 e. The molecule has 1 aromatic carbocycles. The lowest BCUT2D eigenvalue weighted by molar-refractivity contribution is 0.167. The Labute approximate surface area is 140 Å². The maximum atomic E-state index is 12.3. The molecule has 24 heavy (non-hydrogen) atoms. The number of H-pyrrole nitrogens is 1. The smallest absolute Gasteiger partial charge is 0.258 e. The minimum Gasteiger partial charge on any atom is -0.309 e. The molecule has 4 rings (SSSR count). The Kier molecular flexibility index (Phi) is 3.90. The van der Waals surface area contributed by atoms with Crippen molar-refractivity contribution in [2.24, 2.45) is 0 Å². The van der Waals surface area contributed by atoms with E-state index in [1.165, 1.54) is 0 Å². The predicted molar refractivity (Wildman–Crippen MR) is 92.7 cm³/mol. The zero-order valence-electron chi connectivity index (χ0n) is 13.7. The first-order chi connectivity index (χ1) is 11.7. The third kappa shape index (κ3) is 2.73. The summed E-state index contributed by atoms with van der Waals surface area (Å²) in [6, 6.07) is 9.92. The molecule has 124 valence electrons. The van der Waals surface area contributed by atoms with Gasteiger partial charge >= 0.3 is 0 Å². The molecule has 3 heterocycles. The Morgan fingerprint density at radius 3 is 3.04 bits per heavy atom. The first kappa shape index (κ1) is 15.1. The van der Waals surface area contributed by atoms with Gasteiger partial charge in [0.25, 0.3) is 5.56 Å². The summed E-state index contributed by atoms with van der Waals surface area (Å²) in [6.07, 6.45) is 6.11. The minimum absolute atomic E-state index is 0.0646. The summed E-state index contributed by atoms with van der Waals surface area (Å²) in [5, 5.41) is 4.96. The number of nitrogens with one attached hydrogen (secondary N) is 1. The van der Waals surface area contributed by atoms with Crippen molar-refractivity contribution in [2.45, 2.75) is 38.4 Å². The van der Waals surface area contributed by atoms with E-state index in [9.17, 15) is 4.79 Å². The highest BCUT2D eigenvalue weighted by atomic mass is 16.1. The fourth-order valence-corrected chi connectivity index (χ4v) is 3.65. The van der Waals surface area contributed by atoms with Crippen LogP contribution >= 0.6 is 0 Å². The highest BCUT2D eigenvalue weighted by Gasteiger charge is 2.30. The van der Waals surface area contributed by atoms with Crippen molar-refractivity contribution < 1.29 is 0 Å². The molecule has 6 nitrogen and oxygen atoms in total. The fraction of sp³-hybridized carbons (Fsp3) is 0.389. The van der Waals surface area contributed by atoms with E-state index in [1.807, 2.05) is 47.4 Å². The van der Waals surface area contributed by atoms with E-state index in [1.54, 1.807) is 0 Å². The Hall–Kier alpha value is -2.47. The van der Waals surface area contributed by atoms with E-state index in [0.29, 0.717) is 11.4 Å². The number of hydrogen-bond donors (Lipinski definition) is 1. The standard InChI is InChI=1S/C18H21N5O/c1-13(17-20-16-8-3-2-7-15(16)18(24)21-17)23-11-4-6-14(23)12-22-10-5-9-19-22/h2-3,5,7-10,13-14H,4,6,11-12H2,1H3,(H,20,21,24). The van der Waals surface area contributed by atoms with Crippen LogP contribution in [0, 0.1) is 0 Å². The number of hydrogen-bond acceptors (Lipinski definition) is 4. The first-order valence-corrected chi connectivity index (χ1v) is 8.44. The van der Waals surface area contributed by atoms with Crippen molar-refractivity contribution in [3.63, 3.8) is 0 Å². The number of aromatic amines is 1. The van der Waals surface area contributed by atoms with Crippen LogP contribution in [0.4, 0.5) is 0 Å². The van der Waals surface area contributed by atoms with Crippen LogP contribution in [0.15, 0.2) is 47.5 Å². The van der Waals surface area contributed by atoms with Crippen LogP contribution in [-0.2, 0) is 6.54 Å². The van der Waals surface area contributed by atoms with Gasteiger partial charge in [0.05, 0.1) is 23.5 Å². The lowest BCUT2D eigenvalue weighted by Gasteiger charge is -2.30. The summed E-state index contributed by atoms with van der Waals surface area (Å²) in [4.78, 5) is 22.4. The molecular formula is C18H21N5O. The van der Waals surface area contributed by atoms with Crippen LogP contribution in [0.25, 0.3) is 10.9 Å². The normalized spacial score (nSPS) is 19.8. The number of aromatic nitrogens is 4. The number of rotatable bonds is 4. The maximum Gasteiger partial charge on any atom is 0.258 e. The average molecular weight is 323 g/mol. The summed E-state index contributed by atoms with van der Waals surface area (Å²) in [5.74, 6) is 0.742. The molecule has 0 spiro atoms. The predicted octanol–water partition coefficient (Wildman–Crippen LogP) is 2.35. The third-order valence-electron chi connectivity index (χ3n) is 4.90. The van der Waals surface area contributed by atoms with Gasteiger partial charge in [-0.2, -0.15) is 5.10 Å². The van der Waals surface area contributed by atoms with Gasteiger partial charge in [-0.05, 0) is 44.5 Å². The van der Waals surface area contributed by atoms with E-state index in [4.69, 9.17) is 4.98 Å². The van der Waals surface area contributed by atoms with Gasteiger partial charge in [-0.15, -0.1) is 0 Å². The lowest BCUT2D eigenvalue weighted by Crippen LogP contribution is -2.36. The van der Waals surface area contributed by atoms with Crippen LogP contribution in [-0.4, -0.2) is 37.2 Å². The summed E-state index contributed by atoms with van der Waals surface area (Å²) in [6.45, 7) is 4.01. The van der Waals surface area contributed by atoms with Crippen molar-refractivity contribution in [3.05, 3.63) is 58.9 Å². The van der Waals surface area contributed by atoms with Gasteiger partial charge in [-0.3, -0.25) is 14.4 Å². The first-order valence-electron chi connectivity index (χ1n) is 8.44. The molecule has 2 atom stereocenters. The van der Waals surface area contributed by atoms with Gasteiger partial charge in [0, 0.05) is 18.4 Å². The quantitative estimate of drug-likeness (QED) is 0.800. The van der Waals surface area contributed by atoms with Crippen LogP contribution < -0.4 is 5.56 Å². The van der Waals surface area contributed by atoms with Crippen molar-refractivity contribution in [2.75, 3.05) is 6.54 Å². The van der Waals surface area contributed by atoms with Crippen molar-refractivity contribution >= 4 is 10.9 Å². The Balaban J connectivity index is 1.62. The van der Waals surface area contributed by atoms with E-state index >= 15 is 0 Å².